The minimum atomic E-state index is -2.98. The first kappa shape index (κ1) is 40.5. The molecule has 3 aromatic rings. The van der Waals surface area contributed by atoms with Crippen molar-refractivity contribution >= 4 is 46.4 Å². The van der Waals surface area contributed by atoms with Gasteiger partial charge in [-0.05, 0) is 133 Å². The number of alkyl halides is 2. The molecule has 13 nitrogen and oxygen atoms in total. The molecule has 2 aliphatic rings. The van der Waals surface area contributed by atoms with Crippen LogP contribution in [0.4, 0.5) is 30.0 Å². The second-order valence-corrected chi connectivity index (χ2v) is 16.1. The highest BCUT2D eigenvalue weighted by Gasteiger charge is 2.38. The van der Waals surface area contributed by atoms with Crippen LogP contribution in [0, 0.1) is 3.57 Å². The van der Waals surface area contributed by atoms with Crippen molar-refractivity contribution in [2.45, 2.75) is 122 Å². The molecule has 2 amide bonds. The smallest absolute Gasteiger partial charge is 0.407 e. The summed E-state index contributed by atoms with van der Waals surface area (Å²) in [6.45, 7) is 8.31. The Morgan fingerprint density at radius 1 is 0.904 bits per heavy atom. The molecule has 4 atom stereocenters. The molecule has 2 fully saturated rings. The molecule has 4 N–H and O–H groups in total. The normalized spacial score (nSPS) is 20.0. The van der Waals surface area contributed by atoms with Gasteiger partial charge < -0.3 is 35.4 Å². The summed E-state index contributed by atoms with van der Waals surface area (Å²) in [7, 11) is 0. The van der Waals surface area contributed by atoms with E-state index in [1.54, 1.807) is 17.0 Å². The Labute approximate surface area is 316 Å². The maximum Gasteiger partial charge on any atom is 0.407 e. The predicted octanol–water partition coefficient (Wildman–Crippen LogP) is 7.49. The van der Waals surface area contributed by atoms with Crippen molar-refractivity contribution in [3.05, 3.63) is 68.9 Å². The maximum atomic E-state index is 12.4. The lowest BCUT2D eigenvalue weighted by Gasteiger charge is -2.38. The summed E-state index contributed by atoms with van der Waals surface area (Å²) < 4.78 is 36.7. The summed E-state index contributed by atoms with van der Waals surface area (Å²) in [4.78, 5) is 45.8. The van der Waals surface area contributed by atoms with Crippen LogP contribution in [-0.2, 0) is 4.74 Å². The number of alkyl carbamates (subject to hydrolysis) is 1. The van der Waals surface area contributed by atoms with Gasteiger partial charge in [-0.25, -0.2) is 19.6 Å². The SMILES string of the molecule is CC(C)(C)N(C(=O)O)[C@H]1CC[C@H](Nc2ccc(I)cn2)C1.CC(C)(C)OC(=O)N[C@H]1CC[C@H](Nc2ccc(-n3cc(OC(F)F)ccc3=O)cn2)C1. The molecule has 0 saturated heterocycles. The van der Waals surface area contributed by atoms with Crippen LogP contribution in [0.1, 0.15) is 80.1 Å². The van der Waals surface area contributed by atoms with Gasteiger partial charge in [0.1, 0.15) is 23.0 Å². The number of carbonyl (C=O) groups excluding carboxylic acids is 1. The Kier molecular flexibility index (Phi) is 13.7. The number of pyridine rings is 3. The number of amides is 2. The number of carbonyl (C=O) groups is 2. The highest BCUT2D eigenvalue weighted by atomic mass is 127. The number of hydrogen-bond acceptors (Lipinski definition) is 9. The van der Waals surface area contributed by atoms with Gasteiger partial charge >= 0.3 is 18.8 Å². The van der Waals surface area contributed by atoms with E-state index in [9.17, 15) is 28.3 Å². The van der Waals surface area contributed by atoms with Crippen LogP contribution in [0.3, 0.4) is 0 Å². The van der Waals surface area contributed by atoms with E-state index in [0.717, 1.165) is 54.0 Å². The van der Waals surface area contributed by atoms with E-state index in [1.165, 1.54) is 23.0 Å². The van der Waals surface area contributed by atoms with Gasteiger partial charge in [-0.3, -0.25) is 9.36 Å². The van der Waals surface area contributed by atoms with E-state index in [1.807, 2.05) is 59.9 Å². The van der Waals surface area contributed by atoms with E-state index in [4.69, 9.17) is 4.74 Å². The largest absolute Gasteiger partial charge is 0.465 e. The molecule has 2 aliphatic carbocycles. The Balaban J connectivity index is 0.000000251. The van der Waals surface area contributed by atoms with Crippen molar-refractivity contribution in [2.75, 3.05) is 10.6 Å². The van der Waals surface area contributed by atoms with E-state index >= 15 is 0 Å². The van der Waals surface area contributed by atoms with Gasteiger partial charge in [0.2, 0.25) is 0 Å². The predicted molar refractivity (Wildman–Crippen MR) is 203 cm³/mol. The van der Waals surface area contributed by atoms with Gasteiger partial charge in [0.05, 0.1) is 18.1 Å². The van der Waals surface area contributed by atoms with E-state index in [-0.39, 0.29) is 35.5 Å². The molecule has 0 spiro atoms. The first-order valence-electron chi connectivity index (χ1n) is 17.2. The van der Waals surface area contributed by atoms with E-state index < -0.39 is 30.0 Å². The van der Waals surface area contributed by atoms with Gasteiger partial charge in [-0.15, -0.1) is 0 Å². The summed E-state index contributed by atoms with van der Waals surface area (Å²) in [5.41, 5.74) is -0.881. The minimum absolute atomic E-state index is 0.0165. The van der Waals surface area contributed by atoms with E-state index in [0.29, 0.717) is 11.5 Å². The molecule has 0 bridgehead atoms. The van der Waals surface area contributed by atoms with Crippen molar-refractivity contribution in [3.8, 4) is 11.4 Å². The van der Waals surface area contributed by atoms with Gasteiger partial charge in [-0.2, -0.15) is 8.78 Å². The molecule has 284 valence electrons. The highest BCUT2D eigenvalue weighted by Crippen LogP contribution is 2.31. The maximum absolute atomic E-state index is 12.4. The van der Waals surface area contributed by atoms with Crippen LogP contribution in [0.2, 0.25) is 0 Å². The molecule has 5 rings (SSSR count). The molecule has 52 heavy (non-hydrogen) atoms. The van der Waals surface area contributed by atoms with Crippen molar-refractivity contribution in [2.24, 2.45) is 0 Å². The van der Waals surface area contributed by atoms with Crippen LogP contribution in [0.5, 0.6) is 5.75 Å². The van der Waals surface area contributed by atoms with E-state index in [2.05, 4.69) is 53.2 Å². The van der Waals surface area contributed by atoms with Crippen molar-refractivity contribution in [3.63, 3.8) is 0 Å². The summed E-state index contributed by atoms with van der Waals surface area (Å²) in [6.07, 6.45) is 8.34. The fourth-order valence-corrected chi connectivity index (χ4v) is 6.69. The van der Waals surface area contributed by atoms with Crippen LogP contribution in [0.15, 0.2) is 59.8 Å². The van der Waals surface area contributed by atoms with Crippen LogP contribution in [0.25, 0.3) is 5.69 Å². The van der Waals surface area contributed by atoms with Crippen molar-refractivity contribution in [1.29, 1.82) is 0 Å². The molecule has 0 radical (unpaired) electrons. The minimum Gasteiger partial charge on any atom is -0.465 e. The number of rotatable bonds is 9. The summed E-state index contributed by atoms with van der Waals surface area (Å²) >= 11 is 2.23. The Morgan fingerprint density at radius 2 is 1.52 bits per heavy atom. The van der Waals surface area contributed by atoms with Crippen molar-refractivity contribution in [1.82, 2.24) is 24.8 Å². The number of hydrogen-bond donors (Lipinski definition) is 4. The summed E-state index contributed by atoms with van der Waals surface area (Å²) in [5.74, 6) is 1.35. The number of aromatic nitrogens is 3. The zero-order valence-electron chi connectivity index (χ0n) is 30.2. The first-order valence-corrected chi connectivity index (χ1v) is 18.2. The number of carboxylic acid groups (broad SMARTS) is 1. The van der Waals surface area contributed by atoms with Crippen molar-refractivity contribution < 1.29 is 33.0 Å². The second kappa shape index (κ2) is 17.5. The Bertz CT molecular complexity index is 1700. The Hall–Kier alpha value is -4.22. The monoisotopic (exact) mass is 839 g/mol. The average molecular weight is 840 g/mol. The molecular formula is C36H48F2IN7O6. The van der Waals surface area contributed by atoms with Crippen LogP contribution < -0.4 is 26.2 Å². The zero-order valence-corrected chi connectivity index (χ0v) is 32.4. The molecule has 0 unspecified atom stereocenters. The van der Waals surface area contributed by atoms with Gasteiger partial charge in [0.15, 0.2) is 0 Å². The summed E-state index contributed by atoms with van der Waals surface area (Å²) in [5, 5.41) is 19.1. The molecule has 3 heterocycles. The topological polar surface area (TPSA) is 160 Å². The lowest BCUT2D eigenvalue weighted by Crippen LogP contribution is -2.50. The number of ether oxygens (including phenoxy) is 2. The molecule has 16 heteroatoms. The Morgan fingerprint density at radius 3 is 2.08 bits per heavy atom. The molecule has 0 aliphatic heterocycles. The average Bonchev–Trinajstić information content (AvgIpc) is 3.67. The molecule has 2 saturated carbocycles. The third kappa shape index (κ3) is 12.5. The van der Waals surface area contributed by atoms with Gasteiger partial charge in [0.25, 0.3) is 5.56 Å². The zero-order chi connectivity index (χ0) is 38.2. The lowest BCUT2D eigenvalue weighted by atomic mass is 10.0. The fourth-order valence-electron chi connectivity index (χ4n) is 6.37. The van der Waals surface area contributed by atoms with Gasteiger partial charge in [0, 0.05) is 45.5 Å². The van der Waals surface area contributed by atoms with Gasteiger partial charge in [-0.1, -0.05) is 0 Å². The number of halogens is 3. The molecule has 3 aromatic heterocycles. The summed E-state index contributed by atoms with van der Waals surface area (Å²) in [6, 6.07) is 10.2. The van der Waals surface area contributed by atoms with Crippen LogP contribution >= 0.6 is 22.6 Å². The number of nitrogens with one attached hydrogen (secondary N) is 3. The molecular weight excluding hydrogens is 791 g/mol. The second-order valence-electron chi connectivity index (χ2n) is 14.8. The number of nitrogens with zero attached hydrogens (tertiary/aromatic N) is 4. The fraction of sp³-hybridized carbons (Fsp3) is 0.528. The quantitative estimate of drug-likeness (QED) is 0.159. The van der Waals surface area contributed by atoms with Crippen LogP contribution in [-0.4, -0.2) is 78.6 Å². The number of anilines is 2. The third-order valence-electron chi connectivity index (χ3n) is 8.42. The third-order valence-corrected chi connectivity index (χ3v) is 9.06. The lowest BCUT2D eigenvalue weighted by molar-refractivity contribution is -0.0502. The molecule has 0 aromatic carbocycles. The first-order chi connectivity index (χ1) is 24.4. The highest BCUT2D eigenvalue weighted by molar-refractivity contribution is 14.1. The standard InChI is InChI=1S/C21H26F2N4O4.C15H22IN3O2/c1-21(2,3)31-20(29)26-14-5-4-13(10-14)25-17-8-6-15(11-24-17)27-12-16(30-19(22)23)7-9-18(27)28;1-15(2,3)19(14(20)21)12-6-5-11(8-12)18-13-7-4-10(16)9-17-13/h6-9,11-14,19H,4-5,10H2,1-3H3,(H,24,25)(H,26,29);4,7,9,11-12H,5-6,8H2,1-3H3,(H,17,18)(H,20,21)/t13-,14-;11-,12-/m00/s1.